The molecule has 0 bridgehead atoms. The van der Waals surface area contributed by atoms with Crippen molar-refractivity contribution in [2.24, 2.45) is 0 Å². The molecule has 28 heavy (non-hydrogen) atoms. The lowest BCUT2D eigenvalue weighted by atomic mass is 9.44. The van der Waals surface area contributed by atoms with Gasteiger partial charge in [0.25, 0.3) is 0 Å². The average molecular weight is 534 g/mol. The molecule has 0 saturated heterocycles. The Morgan fingerprint density at radius 3 is 1.07 bits per heavy atom. The van der Waals surface area contributed by atoms with Gasteiger partial charge < -0.3 is 0 Å². The van der Waals surface area contributed by atoms with E-state index >= 15 is 0 Å². The van der Waals surface area contributed by atoms with Crippen molar-refractivity contribution in [3.8, 4) is 0 Å². The zero-order valence-corrected chi connectivity index (χ0v) is 15.3. The first-order valence-corrected chi connectivity index (χ1v) is 8.11. The molecule has 0 radical (unpaired) electrons. The van der Waals surface area contributed by atoms with Gasteiger partial charge in [0.15, 0.2) is 35.0 Å². The molecule has 2 aliphatic rings. The quantitative estimate of drug-likeness (QED) is 0.258. The van der Waals surface area contributed by atoms with Crippen LogP contribution < -0.4 is 0 Å². The van der Waals surface area contributed by atoms with Gasteiger partial charge in [-0.05, 0) is 0 Å². The molecule has 156 valence electrons. The van der Waals surface area contributed by atoms with Crippen molar-refractivity contribution in [1.82, 2.24) is 0 Å². The Balaban J connectivity index is 2.86. The highest BCUT2D eigenvalue weighted by molar-refractivity contribution is 9.24. The molecule has 0 spiro atoms. The Bertz CT molecular complexity index is 810. The molecule has 16 heteroatoms. The molecular weight excluding hydrogens is 534 g/mol. The minimum Gasteiger partial charge on any atom is -0.237 e. The summed E-state index contributed by atoms with van der Waals surface area (Å²) >= 11 is 10.8. The molecule has 2 atom stereocenters. The van der Waals surface area contributed by atoms with Crippen molar-refractivity contribution in [2.75, 3.05) is 0 Å². The van der Waals surface area contributed by atoms with Crippen molar-refractivity contribution in [3.63, 3.8) is 0 Å². The SMILES string of the molecule is FC1=C(F)C(F)(B(Br)C2(F)C(F)=C(F)C(Cl)=C(F)C2(F)F)C(F)(F)C(F)=C1Cl. The molecule has 0 saturated carbocycles. The highest BCUT2D eigenvalue weighted by Gasteiger charge is 2.82. The summed E-state index contributed by atoms with van der Waals surface area (Å²) in [7, 11) is 0. The van der Waals surface area contributed by atoms with E-state index in [1.54, 1.807) is 0 Å². The predicted molar refractivity (Wildman–Crippen MR) is 78.7 cm³/mol. The summed E-state index contributed by atoms with van der Waals surface area (Å²) in [6.45, 7) is 0. The van der Waals surface area contributed by atoms with Crippen LogP contribution in [0.25, 0.3) is 0 Å². The van der Waals surface area contributed by atoms with E-state index in [1.807, 2.05) is 0 Å². The first-order valence-electron chi connectivity index (χ1n) is 6.44. The number of halogens is 15. The molecule has 0 N–H and O–H groups in total. The summed E-state index contributed by atoms with van der Waals surface area (Å²) in [6, 6.07) is 0. The van der Waals surface area contributed by atoms with E-state index in [-0.39, 0.29) is 0 Å². The second-order valence-corrected chi connectivity index (χ2v) is 7.12. The third-order valence-electron chi connectivity index (χ3n) is 3.96. The Kier molecular flexibility index (Phi) is 5.57. The molecule has 0 aliphatic heterocycles. The zero-order chi connectivity index (χ0) is 22.2. The highest BCUT2D eigenvalue weighted by Crippen LogP contribution is 2.62. The Hall–Kier alpha value is -0.755. The van der Waals surface area contributed by atoms with Gasteiger partial charge in [-0.25, -0.2) is 35.1 Å². The van der Waals surface area contributed by atoms with Crippen LogP contribution in [0.15, 0.2) is 45.0 Å². The summed E-state index contributed by atoms with van der Waals surface area (Å²) in [5, 5.41) is -4.65. The number of rotatable bonds is 2. The monoisotopic (exact) mass is 532 g/mol. The van der Waals surface area contributed by atoms with Crippen molar-refractivity contribution in [3.05, 3.63) is 45.0 Å². The number of allylic oxidation sites excluding steroid dienone is 8. The van der Waals surface area contributed by atoms with E-state index in [0.29, 0.717) is 0 Å². The van der Waals surface area contributed by atoms with Gasteiger partial charge in [0.05, 0.1) is 0 Å². The van der Waals surface area contributed by atoms with E-state index in [1.165, 1.54) is 15.8 Å². The summed E-state index contributed by atoms with van der Waals surface area (Å²) in [6.07, 6.45) is 0. The lowest BCUT2D eigenvalue weighted by Crippen LogP contribution is -2.69. The van der Waals surface area contributed by atoms with Crippen LogP contribution in [0.1, 0.15) is 0 Å². The van der Waals surface area contributed by atoms with Gasteiger partial charge in [0, 0.05) is 0 Å². The van der Waals surface area contributed by atoms with Crippen LogP contribution in [0, 0.1) is 0 Å². The van der Waals surface area contributed by atoms with Crippen LogP contribution in [-0.2, 0) is 0 Å². The maximum atomic E-state index is 14.9. The summed E-state index contributed by atoms with van der Waals surface area (Å²) in [4.78, 5) is 0. The fourth-order valence-corrected chi connectivity index (χ4v) is 3.77. The minimum atomic E-state index is -6.02. The first-order chi connectivity index (χ1) is 12.4. The van der Waals surface area contributed by atoms with Crippen molar-refractivity contribution >= 4 is 44.5 Å². The molecule has 0 heterocycles. The lowest BCUT2D eigenvalue weighted by molar-refractivity contribution is -0.101. The normalized spacial score (nSPS) is 33.1. The smallest absolute Gasteiger partial charge is 0.237 e. The third kappa shape index (κ3) is 2.49. The Morgan fingerprint density at radius 2 is 0.821 bits per heavy atom. The van der Waals surface area contributed by atoms with E-state index in [2.05, 4.69) is 0 Å². The summed E-state index contributed by atoms with van der Waals surface area (Å²) < 4.78 is 168. The second kappa shape index (κ2) is 6.63. The molecule has 2 aliphatic carbocycles. The van der Waals surface area contributed by atoms with Crippen LogP contribution >= 0.6 is 39.0 Å². The Morgan fingerprint density at radius 1 is 0.571 bits per heavy atom. The van der Waals surface area contributed by atoms with Crippen LogP contribution in [0.3, 0.4) is 0 Å². The standard InChI is InChI=1S/C12BBrCl2F12/c14-13(9(23)7(21)3(17)1(15)5(19)11(9,25)26)10(24)8(22)4(18)2(16)6(20)12(10,27)28. The van der Waals surface area contributed by atoms with Crippen LogP contribution in [0.5, 0.6) is 0 Å². The van der Waals surface area contributed by atoms with Gasteiger partial charge in [0.2, 0.25) is 11.1 Å². The minimum absolute atomic E-state index is 1.44. The summed E-state index contributed by atoms with van der Waals surface area (Å²) in [5.74, 6) is -31.3. The molecule has 0 aromatic heterocycles. The molecule has 2 unspecified atom stereocenters. The second-order valence-electron chi connectivity index (χ2n) is 5.45. The van der Waals surface area contributed by atoms with Gasteiger partial charge >= 0.3 is 17.4 Å². The molecule has 2 rings (SSSR count). The van der Waals surface area contributed by atoms with Gasteiger partial charge in [-0.1, -0.05) is 23.2 Å². The van der Waals surface area contributed by atoms with Gasteiger partial charge in [-0.15, -0.1) is 15.8 Å². The predicted octanol–water partition coefficient (Wildman–Crippen LogP) is 7.31. The van der Waals surface area contributed by atoms with E-state index in [9.17, 15) is 52.7 Å². The molecule has 0 aromatic carbocycles. The molecular formula is C12BBrCl2F12. The topological polar surface area (TPSA) is 0 Å². The fraction of sp³-hybridized carbons (Fsp3) is 0.333. The first kappa shape index (κ1) is 23.5. The van der Waals surface area contributed by atoms with Gasteiger partial charge in [-0.3, -0.25) is 0 Å². The van der Waals surface area contributed by atoms with Crippen LogP contribution in [0.4, 0.5) is 52.7 Å². The third-order valence-corrected chi connectivity index (χ3v) is 5.88. The van der Waals surface area contributed by atoms with Crippen molar-refractivity contribution < 1.29 is 52.7 Å². The number of hydrogen-bond donors (Lipinski definition) is 0. The highest BCUT2D eigenvalue weighted by atomic mass is 79.9. The molecule has 0 nitrogen and oxygen atoms in total. The largest absolute Gasteiger partial charge is 0.342 e. The average Bonchev–Trinajstić information content (AvgIpc) is 2.64. The lowest BCUT2D eigenvalue weighted by Gasteiger charge is -2.43. The molecule has 0 amide bonds. The molecule has 0 aromatic rings. The van der Waals surface area contributed by atoms with E-state index in [0.717, 1.165) is 0 Å². The zero-order valence-electron chi connectivity index (χ0n) is 12.2. The van der Waals surface area contributed by atoms with Crippen molar-refractivity contribution in [2.45, 2.75) is 23.0 Å². The van der Waals surface area contributed by atoms with E-state index in [4.69, 9.17) is 23.2 Å². The van der Waals surface area contributed by atoms with Crippen molar-refractivity contribution in [1.29, 1.82) is 0 Å². The van der Waals surface area contributed by atoms with Gasteiger partial charge in [-0.2, -0.15) is 17.6 Å². The van der Waals surface area contributed by atoms with Gasteiger partial charge in [0.1, 0.15) is 10.1 Å². The summed E-state index contributed by atoms with van der Waals surface area (Å²) in [5.41, 5.74) is -15.9. The fourth-order valence-electron chi connectivity index (χ4n) is 2.39. The molecule has 0 fully saturated rings. The van der Waals surface area contributed by atoms with E-state index < -0.39 is 73.5 Å². The Labute approximate surface area is 165 Å². The van der Waals surface area contributed by atoms with Crippen LogP contribution in [-0.4, -0.2) is 28.5 Å². The maximum absolute atomic E-state index is 14.9. The number of alkyl halides is 6. The number of hydrogen-bond acceptors (Lipinski definition) is 0. The van der Waals surface area contributed by atoms with Crippen LogP contribution in [0.2, 0.25) is 0 Å². The maximum Gasteiger partial charge on any atom is 0.342 e.